The van der Waals surface area contributed by atoms with Crippen molar-refractivity contribution >= 4 is 12.1 Å². The van der Waals surface area contributed by atoms with E-state index in [1.54, 1.807) is 0 Å². The molecule has 2 aromatic carbocycles. The molecule has 1 aliphatic carbocycles. The first-order valence-electron chi connectivity index (χ1n) is 19.0. The zero-order chi connectivity index (χ0) is 36.7. The van der Waals surface area contributed by atoms with Crippen LogP contribution in [-0.2, 0) is 47.4 Å². The van der Waals surface area contributed by atoms with Crippen LogP contribution < -0.4 is 5.32 Å². The molecule has 292 valence electrons. The normalized spacial score (nSPS) is 12.1. The fourth-order valence-corrected chi connectivity index (χ4v) is 5.63. The first-order valence-corrected chi connectivity index (χ1v) is 19.0. The smallest absolute Gasteiger partial charge is 0.407 e. The van der Waals surface area contributed by atoms with E-state index in [2.05, 4.69) is 36.5 Å². The van der Waals surface area contributed by atoms with E-state index in [-0.39, 0.29) is 25.1 Å². The summed E-state index contributed by atoms with van der Waals surface area (Å²) in [4.78, 5) is 23.9. The average Bonchev–Trinajstić information content (AvgIpc) is 3.48. The minimum atomic E-state index is -0.453. The number of rotatable bonds is 33. The lowest BCUT2D eigenvalue weighted by Crippen LogP contribution is -2.29. The van der Waals surface area contributed by atoms with Crippen LogP contribution in [0.25, 0.3) is 11.1 Å². The van der Waals surface area contributed by atoms with E-state index < -0.39 is 6.09 Å². The number of hydrogen-bond donors (Lipinski definition) is 1. The molecule has 2 aromatic rings. The molecule has 1 N–H and O–H groups in total. The van der Waals surface area contributed by atoms with Crippen LogP contribution >= 0.6 is 0 Å². The molecule has 0 radical (unpaired) electrons. The first-order chi connectivity index (χ1) is 25.7. The van der Waals surface area contributed by atoms with Crippen molar-refractivity contribution in [2.75, 3.05) is 112 Å². The fraction of sp³-hybridized carbons (Fsp3) is 0.650. The van der Waals surface area contributed by atoms with E-state index in [1.807, 2.05) is 24.3 Å². The Morgan fingerprint density at radius 2 is 0.942 bits per heavy atom. The molecule has 0 spiro atoms. The largest absolute Gasteiger partial charge is 0.463 e. The molecule has 0 aromatic heterocycles. The summed E-state index contributed by atoms with van der Waals surface area (Å²) in [5.41, 5.74) is 4.77. The van der Waals surface area contributed by atoms with Gasteiger partial charge in [-0.2, -0.15) is 0 Å². The highest BCUT2D eigenvalue weighted by Gasteiger charge is 2.28. The SMILES string of the molecule is CCCCCCCCC(=O)OCCOCCOCCOCCOCCOCCOCCOCCNC(=O)OCC1c2ccccc2-c2ccccc21. The third-order valence-electron chi connectivity index (χ3n) is 8.32. The molecule has 1 aliphatic rings. The second kappa shape index (κ2) is 29.4. The molecule has 0 saturated heterocycles. The molecule has 1 amide bonds. The Kier molecular flexibility index (Phi) is 24.5. The molecule has 0 fully saturated rings. The van der Waals surface area contributed by atoms with Gasteiger partial charge in [-0.15, -0.1) is 0 Å². The Morgan fingerprint density at radius 1 is 0.519 bits per heavy atom. The number of esters is 1. The van der Waals surface area contributed by atoms with Gasteiger partial charge >= 0.3 is 12.1 Å². The van der Waals surface area contributed by atoms with Crippen LogP contribution in [0.2, 0.25) is 0 Å². The van der Waals surface area contributed by atoms with E-state index in [1.165, 1.54) is 47.9 Å². The first kappa shape index (κ1) is 43.3. The van der Waals surface area contributed by atoms with Gasteiger partial charge in [0.25, 0.3) is 0 Å². The Bertz CT molecular complexity index is 1170. The van der Waals surface area contributed by atoms with Gasteiger partial charge in [0.1, 0.15) is 13.2 Å². The van der Waals surface area contributed by atoms with Crippen LogP contribution in [-0.4, -0.2) is 124 Å². The van der Waals surface area contributed by atoms with Gasteiger partial charge < -0.3 is 47.9 Å². The Labute approximate surface area is 310 Å². The highest BCUT2D eigenvalue weighted by Crippen LogP contribution is 2.44. The van der Waals surface area contributed by atoms with Gasteiger partial charge in [0.05, 0.1) is 92.5 Å². The lowest BCUT2D eigenvalue weighted by atomic mass is 9.98. The Balaban J connectivity index is 0.973. The van der Waals surface area contributed by atoms with Crippen molar-refractivity contribution in [3.05, 3.63) is 59.7 Å². The van der Waals surface area contributed by atoms with E-state index in [0.29, 0.717) is 105 Å². The van der Waals surface area contributed by atoms with Crippen molar-refractivity contribution in [1.29, 1.82) is 0 Å². The van der Waals surface area contributed by atoms with Gasteiger partial charge in [-0.3, -0.25) is 4.79 Å². The lowest BCUT2D eigenvalue weighted by molar-refractivity contribution is -0.145. The van der Waals surface area contributed by atoms with E-state index >= 15 is 0 Å². The van der Waals surface area contributed by atoms with Gasteiger partial charge in [-0.25, -0.2) is 4.79 Å². The molecule has 0 atom stereocenters. The summed E-state index contributed by atoms with van der Waals surface area (Å²) in [7, 11) is 0. The monoisotopic (exact) mass is 731 g/mol. The highest BCUT2D eigenvalue weighted by molar-refractivity contribution is 5.79. The maximum Gasteiger partial charge on any atom is 0.407 e. The fourth-order valence-electron chi connectivity index (χ4n) is 5.63. The van der Waals surface area contributed by atoms with Crippen molar-refractivity contribution in [3.8, 4) is 11.1 Å². The predicted molar refractivity (Wildman–Crippen MR) is 198 cm³/mol. The molecule has 52 heavy (non-hydrogen) atoms. The van der Waals surface area contributed by atoms with Crippen LogP contribution in [0.15, 0.2) is 48.5 Å². The zero-order valence-corrected chi connectivity index (χ0v) is 31.2. The number of hydrogen-bond acceptors (Lipinski definition) is 11. The van der Waals surface area contributed by atoms with Crippen molar-refractivity contribution < 1.29 is 52.2 Å². The number of amides is 1. The summed E-state index contributed by atoms with van der Waals surface area (Å²) in [6.45, 7) is 9.43. The summed E-state index contributed by atoms with van der Waals surface area (Å²) < 4.78 is 49.1. The van der Waals surface area contributed by atoms with Crippen molar-refractivity contribution in [1.82, 2.24) is 5.32 Å². The lowest BCUT2D eigenvalue weighted by Gasteiger charge is -2.14. The molecular weight excluding hydrogens is 670 g/mol. The number of unbranched alkanes of at least 4 members (excludes halogenated alkanes) is 5. The van der Waals surface area contributed by atoms with Crippen LogP contribution in [0.1, 0.15) is 68.9 Å². The Morgan fingerprint density at radius 3 is 1.44 bits per heavy atom. The highest BCUT2D eigenvalue weighted by atomic mass is 16.6. The number of carbonyl (C=O) groups excluding carboxylic acids is 2. The quantitative estimate of drug-likeness (QED) is 0.0693. The standard InChI is InChI=1S/C40H61NO11/c1-2-3-4-5-6-7-16-39(42)51-32-31-50-30-29-49-28-27-48-26-25-47-24-23-46-22-21-45-20-19-44-18-17-41-40(43)52-33-38-36-14-10-8-12-34(36)35-13-9-11-15-37(35)38/h8-15,38H,2-7,16-33H2,1H3,(H,41,43). The van der Waals surface area contributed by atoms with Crippen molar-refractivity contribution in [2.45, 2.75) is 57.8 Å². The number of alkyl carbamates (subject to hydrolysis) is 1. The third kappa shape index (κ3) is 19.1. The van der Waals surface area contributed by atoms with E-state index in [0.717, 1.165) is 12.8 Å². The van der Waals surface area contributed by atoms with Gasteiger partial charge in [0, 0.05) is 18.9 Å². The molecule has 0 saturated carbocycles. The van der Waals surface area contributed by atoms with Crippen LogP contribution in [0.4, 0.5) is 4.79 Å². The molecular formula is C40H61NO11. The van der Waals surface area contributed by atoms with Gasteiger partial charge in [0.2, 0.25) is 0 Å². The molecule has 12 nitrogen and oxygen atoms in total. The van der Waals surface area contributed by atoms with Crippen LogP contribution in [0, 0.1) is 0 Å². The van der Waals surface area contributed by atoms with Gasteiger partial charge in [-0.1, -0.05) is 87.6 Å². The molecule has 0 aliphatic heterocycles. The minimum Gasteiger partial charge on any atom is -0.463 e. The van der Waals surface area contributed by atoms with Crippen LogP contribution in [0.5, 0.6) is 0 Å². The van der Waals surface area contributed by atoms with Crippen molar-refractivity contribution in [3.63, 3.8) is 0 Å². The third-order valence-corrected chi connectivity index (χ3v) is 8.32. The predicted octanol–water partition coefficient (Wildman–Crippen LogP) is 5.94. The summed E-state index contributed by atoms with van der Waals surface area (Å²) in [6, 6.07) is 16.5. The maximum absolute atomic E-state index is 12.2. The molecule has 12 heteroatoms. The van der Waals surface area contributed by atoms with Crippen molar-refractivity contribution in [2.24, 2.45) is 0 Å². The van der Waals surface area contributed by atoms with E-state index in [9.17, 15) is 9.59 Å². The number of nitrogens with one attached hydrogen (secondary N) is 1. The summed E-state index contributed by atoms with van der Waals surface area (Å²) in [6.07, 6.45) is 6.94. The summed E-state index contributed by atoms with van der Waals surface area (Å²) in [5, 5.41) is 2.74. The Hall–Kier alpha value is -3.10. The topological polar surface area (TPSA) is 129 Å². The van der Waals surface area contributed by atoms with E-state index in [4.69, 9.17) is 42.6 Å². The second-order valence-electron chi connectivity index (χ2n) is 12.3. The molecule has 0 unspecified atom stereocenters. The number of benzene rings is 2. The average molecular weight is 732 g/mol. The number of carbonyl (C=O) groups is 2. The second-order valence-corrected chi connectivity index (χ2v) is 12.3. The van der Waals surface area contributed by atoms with Gasteiger partial charge in [-0.05, 0) is 28.7 Å². The molecule has 3 rings (SSSR count). The maximum atomic E-state index is 12.2. The zero-order valence-electron chi connectivity index (χ0n) is 31.2. The molecule has 0 heterocycles. The summed E-state index contributed by atoms with van der Waals surface area (Å²) in [5.74, 6) is -0.111. The number of ether oxygens (including phenoxy) is 9. The van der Waals surface area contributed by atoms with Crippen LogP contribution in [0.3, 0.4) is 0 Å². The number of fused-ring (bicyclic) bond motifs is 3. The molecule has 0 bridgehead atoms. The minimum absolute atomic E-state index is 0.0365. The summed E-state index contributed by atoms with van der Waals surface area (Å²) >= 11 is 0. The van der Waals surface area contributed by atoms with Gasteiger partial charge in [0.15, 0.2) is 0 Å².